The van der Waals surface area contributed by atoms with Crippen molar-refractivity contribution < 1.29 is 36.2 Å². The Balaban J connectivity index is 3.14. The van der Waals surface area contributed by atoms with Crippen molar-refractivity contribution in [3.8, 4) is 0 Å². The van der Waals surface area contributed by atoms with Gasteiger partial charge in [-0.1, -0.05) is 52.4 Å². The van der Waals surface area contributed by atoms with E-state index in [0.717, 1.165) is 38.5 Å². The van der Waals surface area contributed by atoms with E-state index in [9.17, 15) is 22.0 Å². The molecular weight excluding hydrogens is 419 g/mol. The lowest BCUT2D eigenvalue weighted by molar-refractivity contribution is -0.388. The summed E-state index contributed by atoms with van der Waals surface area (Å²) in [7, 11) is 2.80. The molecule has 0 aromatic heterocycles. The zero-order valence-corrected chi connectivity index (χ0v) is 19.1. The van der Waals surface area contributed by atoms with Crippen molar-refractivity contribution in [2.75, 3.05) is 20.8 Å². The van der Waals surface area contributed by atoms with Gasteiger partial charge in [0.2, 0.25) is 5.82 Å². The largest absolute Gasteiger partial charge is 0.331 e. The van der Waals surface area contributed by atoms with Crippen LogP contribution in [0.15, 0.2) is 0 Å². The molecule has 0 radical (unpaired) electrons. The van der Waals surface area contributed by atoms with Crippen LogP contribution in [-0.2, 0) is 14.2 Å². The Morgan fingerprint density at radius 3 is 1.71 bits per heavy atom. The number of hydrogen-bond acceptors (Lipinski definition) is 3. The number of unbranched alkanes of at least 4 members (excludes halogenated alkanes) is 5. The molecule has 0 fully saturated rings. The molecule has 1 rings (SSSR count). The van der Waals surface area contributed by atoms with E-state index < -0.39 is 52.5 Å². The van der Waals surface area contributed by atoms with Crippen LogP contribution < -0.4 is 0 Å². The van der Waals surface area contributed by atoms with Crippen LogP contribution in [0.2, 0.25) is 0 Å². The SMILES string of the molecule is CCCCCCCCC(CC(C)c1c(F)c(F)c(F)c(F)c1F)C(OC)(OC)OCC. The fraction of sp³-hybridized carbons (Fsp3) is 0.739. The van der Waals surface area contributed by atoms with Gasteiger partial charge in [0.1, 0.15) is 0 Å². The Hall–Kier alpha value is -1.25. The van der Waals surface area contributed by atoms with E-state index in [4.69, 9.17) is 14.2 Å². The Morgan fingerprint density at radius 1 is 0.742 bits per heavy atom. The average molecular weight is 455 g/mol. The van der Waals surface area contributed by atoms with Crippen LogP contribution in [0.1, 0.15) is 83.6 Å². The van der Waals surface area contributed by atoms with E-state index in [-0.39, 0.29) is 13.0 Å². The molecule has 2 unspecified atom stereocenters. The zero-order chi connectivity index (χ0) is 23.6. The first-order valence-electron chi connectivity index (χ1n) is 11.0. The summed E-state index contributed by atoms with van der Waals surface area (Å²) in [4.78, 5) is 0. The summed E-state index contributed by atoms with van der Waals surface area (Å²) in [6.45, 7) is 5.56. The summed E-state index contributed by atoms with van der Waals surface area (Å²) < 4.78 is 86.2. The third kappa shape index (κ3) is 6.86. The second-order valence-corrected chi connectivity index (χ2v) is 7.82. The smallest absolute Gasteiger partial charge is 0.285 e. The van der Waals surface area contributed by atoms with E-state index in [1.165, 1.54) is 21.1 Å². The maximum absolute atomic E-state index is 14.3. The zero-order valence-electron chi connectivity index (χ0n) is 19.1. The Kier molecular flexibility index (Phi) is 11.9. The molecule has 2 atom stereocenters. The van der Waals surface area contributed by atoms with Gasteiger partial charge in [-0.2, -0.15) is 0 Å². The molecule has 0 saturated heterocycles. The van der Waals surface area contributed by atoms with Crippen molar-refractivity contribution in [1.82, 2.24) is 0 Å². The molecule has 1 aromatic rings. The van der Waals surface area contributed by atoms with Crippen molar-refractivity contribution in [3.05, 3.63) is 34.6 Å². The van der Waals surface area contributed by atoms with Crippen LogP contribution in [0.3, 0.4) is 0 Å². The van der Waals surface area contributed by atoms with Gasteiger partial charge >= 0.3 is 0 Å². The Morgan fingerprint density at radius 2 is 1.23 bits per heavy atom. The molecule has 0 aliphatic carbocycles. The molecule has 1 aromatic carbocycles. The van der Waals surface area contributed by atoms with Gasteiger partial charge in [0.15, 0.2) is 23.3 Å². The van der Waals surface area contributed by atoms with Crippen LogP contribution in [0.4, 0.5) is 22.0 Å². The number of benzene rings is 1. The molecular formula is C23H35F5O3. The van der Waals surface area contributed by atoms with Crippen LogP contribution in [0, 0.1) is 35.0 Å². The molecule has 31 heavy (non-hydrogen) atoms. The molecule has 180 valence electrons. The van der Waals surface area contributed by atoms with Crippen molar-refractivity contribution in [2.24, 2.45) is 5.92 Å². The van der Waals surface area contributed by atoms with Gasteiger partial charge in [0, 0.05) is 32.3 Å². The predicted octanol–water partition coefficient (Wildman–Crippen LogP) is 7.23. The van der Waals surface area contributed by atoms with Gasteiger partial charge in [0.25, 0.3) is 5.97 Å². The fourth-order valence-corrected chi connectivity index (χ4v) is 4.06. The number of methoxy groups -OCH3 is 2. The second-order valence-electron chi connectivity index (χ2n) is 7.82. The molecule has 0 aliphatic heterocycles. The topological polar surface area (TPSA) is 27.7 Å². The standard InChI is InChI=1S/C23H35F5O3/c1-6-8-9-10-11-12-13-16(23(29-4,30-5)31-7-2)14-15(3)17-18(24)20(26)22(28)21(27)19(17)25/h15-16H,6-14H2,1-5H3. The van der Waals surface area contributed by atoms with Gasteiger partial charge in [-0.3, -0.25) is 0 Å². The Labute approximate surface area is 182 Å². The summed E-state index contributed by atoms with van der Waals surface area (Å²) >= 11 is 0. The highest BCUT2D eigenvalue weighted by Gasteiger charge is 2.42. The first-order valence-corrected chi connectivity index (χ1v) is 11.0. The second kappa shape index (κ2) is 13.3. The highest BCUT2D eigenvalue weighted by atomic mass is 19.2. The van der Waals surface area contributed by atoms with Crippen molar-refractivity contribution in [3.63, 3.8) is 0 Å². The molecule has 0 spiro atoms. The van der Waals surface area contributed by atoms with Crippen LogP contribution in [0.5, 0.6) is 0 Å². The monoisotopic (exact) mass is 454 g/mol. The van der Waals surface area contributed by atoms with Crippen LogP contribution in [0.25, 0.3) is 0 Å². The molecule has 0 bridgehead atoms. The minimum absolute atomic E-state index is 0.0506. The summed E-state index contributed by atoms with van der Waals surface area (Å²) in [5.41, 5.74) is -0.832. The molecule has 0 amide bonds. The number of ether oxygens (including phenoxy) is 3. The van der Waals surface area contributed by atoms with E-state index in [2.05, 4.69) is 6.92 Å². The van der Waals surface area contributed by atoms with E-state index >= 15 is 0 Å². The van der Waals surface area contributed by atoms with Gasteiger partial charge in [-0.15, -0.1) is 0 Å². The highest BCUT2D eigenvalue weighted by Crippen LogP contribution is 2.39. The minimum Gasteiger partial charge on any atom is -0.331 e. The fourth-order valence-electron chi connectivity index (χ4n) is 4.06. The third-order valence-electron chi connectivity index (χ3n) is 5.70. The highest BCUT2D eigenvalue weighted by molar-refractivity contribution is 5.27. The lowest BCUT2D eigenvalue weighted by atomic mass is 9.84. The summed E-state index contributed by atoms with van der Waals surface area (Å²) in [6, 6.07) is 0. The average Bonchev–Trinajstić information content (AvgIpc) is 2.76. The van der Waals surface area contributed by atoms with Gasteiger partial charge in [-0.25, -0.2) is 22.0 Å². The molecule has 3 nitrogen and oxygen atoms in total. The van der Waals surface area contributed by atoms with Crippen LogP contribution >= 0.6 is 0 Å². The number of hydrogen-bond donors (Lipinski definition) is 0. The maximum Gasteiger partial charge on any atom is 0.285 e. The normalized spacial score (nSPS) is 14.1. The summed E-state index contributed by atoms with van der Waals surface area (Å²) in [6.07, 6.45) is 6.79. The molecule has 0 N–H and O–H groups in total. The van der Waals surface area contributed by atoms with Gasteiger partial charge < -0.3 is 14.2 Å². The van der Waals surface area contributed by atoms with Crippen molar-refractivity contribution in [2.45, 2.75) is 84.0 Å². The first-order chi connectivity index (χ1) is 14.7. The number of rotatable bonds is 15. The van der Waals surface area contributed by atoms with Crippen LogP contribution in [-0.4, -0.2) is 26.8 Å². The molecule has 0 heterocycles. The molecule has 0 aliphatic rings. The number of halogens is 5. The predicted molar refractivity (Wildman–Crippen MR) is 109 cm³/mol. The quantitative estimate of drug-likeness (QED) is 0.0920. The van der Waals surface area contributed by atoms with E-state index in [1.807, 2.05) is 0 Å². The molecule has 0 saturated carbocycles. The molecule has 8 heteroatoms. The Bertz CT molecular complexity index is 651. The maximum atomic E-state index is 14.3. The van der Waals surface area contributed by atoms with Gasteiger partial charge in [-0.05, 0) is 25.7 Å². The van der Waals surface area contributed by atoms with Gasteiger partial charge in [0.05, 0.1) is 0 Å². The lowest BCUT2D eigenvalue weighted by Gasteiger charge is -2.38. The minimum atomic E-state index is -2.16. The van der Waals surface area contributed by atoms with E-state index in [1.54, 1.807) is 6.92 Å². The third-order valence-corrected chi connectivity index (χ3v) is 5.70. The lowest BCUT2D eigenvalue weighted by Crippen LogP contribution is -2.45. The van der Waals surface area contributed by atoms with E-state index in [0.29, 0.717) is 6.42 Å². The van der Waals surface area contributed by atoms with Crippen molar-refractivity contribution in [1.29, 1.82) is 0 Å². The summed E-state index contributed by atoms with van der Waals surface area (Å²) in [5, 5.41) is 0. The summed E-state index contributed by atoms with van der Waals surface area (Å²) in [5.74, 6) is -12.6. The van der Waals surface area contributed by atoms with Crippen molar-refractivity contribution >= 4 is 0 Å². The first kappa shape index (κ1) is 27.8.